The minimum atomic E-state index is -0.713. The Morgan fingerprint density at radius 2 is 2.04 bits per heavy atom. The van der Waals surface area contributed by atoms with Crippen molar-refractivity contribution in [2.24, 2.45) is 5.73 Å². The van der Waals surface area contributed by atoms with Crippen molar-refractivity contribution in [2.75, 3.05) is 10.6 Å². The van der Waals surface area contributed by atoms with Crippen LogP contribution < -0.4 is 21.7 Å². The number of rotatable bonds is 7. The highest BCUT2D eigenvalue weighted by Crippen LogP contribution is 2.23. The Balaban J connectivity index is 1.73. The van der Waals surface area contributed by atoms with Gasteiger partial charge in [-0.25, -0.2) is 0 Å². The van der Waals surface area contributed by atoms with Crippen molar-refractivity contribution in [1.29, 1.82) is 0 Å². The molecule has 9 heteroatoms. The first-order chi connectivity index (χ1) is 13.4. The second-order valence-corrected chi connectivity index (χ2v) is 6.76. The van der Waals surface area contributed by atoms with Crippen LogP contribution in [-0.2, 0) is 4.79 Å². The number of carbonyl (C=O) groups is 2. The molecule has 146 valence electrons. The van der Waals surface area contributed by atoms with Gasteiger partial charge in [-0.1, -0.05) is 18.7 Å². The van der Waals surface area contributed by atoms with Gasteiger partial charge < -0.3 is 21.7 Å². The monoisotopic (exact) mass is 381 g/mol. The maximum absolute atomic E-state index is 11.7. The van der Waals surface area contributed by atoms with Crippen molar-refractivity contribution in [1.82, 2.24) is 20.5 Å². The van der Waals surface area contributed by atoms with Gasteiger partial charge >= 0.3 is 0 Å². The van der Waals surface area contributed by atoms with Crippen molar-refractivity contribution >= 4 is 29.3 Å². The van der Waals surface area contributed by atoms with Crippen LogP contribution in [0.1, 0.15) is 35.3 Å². The highest BCUT2D eigenvalue weighted by Gasteiger charge is 2.26. The topological polar surface area (TPSA) is 135 Å². The van der Waals surface area contributed by atoms with Crippen LogP contribution in [0.25, 0.3) is 0 Å². The molecular weight excluding hydrogens is 358 g/mol. The molecule has 1 unspecified atom stereocenters. The number of hydrogen-bond acceptors (Lipinski definition) is 7. The normalized spacial score (nSPS) is 18.3. The number of nitrogens with one attached hydrogen (secondary N) is 3. The van der Waals surface area contributed by atoms with E-state index in [1.807, 2.05) is 31.2 Å². The van der Waals surface area contributed by atoms with Crippen molar-refractivity contribution in [3.05, 3.63) is 48.2 Å². The van der Waals surface area contributed by atoms with Crippen LogP contribution in [0.5, 0.6) is 0 Å². The molecule has 2 amide bonds. The van der Waals surface area contributed by atoms with Crippen LogP contribution >= 0.6 is 0 Å². The van der Waals surface area contributed by atoms with Crippen molar-refractivity contribution < 1.29 is 9.59 Å². The van der Waals surface area contributed by atoms with Crippen LogP contribution in [0.4, 0.5) is 17.5 Å². The van der Waals surface area contributed by atoms with E-state index in [1.54, 1.807) is 0 Å². The second-order valence-electron chi connectivity index (χ2n) is 6.76. The average Bonchev–Trinajstić information content (AvgIpc) is 3.08. The Labute approximate surface area is 162 Å². The molecule has 0 aliphatic heterocycles. The molecule has 1 heterocycles. The summed E-state index contributed by atoms with van der Waals surface area (Å²) < 4.78 is 0. The van der Waals surface area contributed by atoms with Crippen molar-refractivity contribution in [3.63, 3.8) is 0 Å². The molecule has 1 aliphatic rings. The Bertz CT molecular complexity index is 900. The molecule has 1 aliphatic carbocycles. The number of anilines is 3. The van der Waals surface area contributed by atoms with E-state index in [2.05, 4.69) is 37.7 Å². The van der Waals surface area contributed by atoms with Crippen LogP contribution in [0.3, 0.4) is 0 Å². The molecule has 0 radical (unpaired) electrons. The molecule has 0 spiro atoms. The molecule has 0 bridgehead atoms. The van der Waals surface area contributed by atoms with Crippen LogP contribution in [-0.4, -0.2) is 39.1 Å². The predicted octanol–water partition coefficient (Wildman–Crippen LogP) is 1.66. The summed E-state index contributed by atoms with van der Waals surface area (Å²) in [6.07, 6.45) is 3.70. The molecule has 0 saturated heterocycles. The predicted molar refractivity (Wildman–Crippen MR) is 106 cm³/mol. The number of nitrogens with zero attached hydrogens (tertiary/aromatic N) is 3. The number of nitrogens with two attached hydrogens (primary N) is 1. The van der Waals surface area contributed by atoms with Gasteiger partial charge in [-0.05, 0) is 50.0 Å². The summed E-state index contributed by atoms with van der Waals surface area (Å²) in [4.78, 5) is 27.5. The fourth-order valence-corrected chi connectivity index (χ4v) is 3.19. The second kappa shape index (κ2) is 8.47. The summed E-state index contributed by atoms with van der Waals surface area (Å²) >= 11 is 0. The molecule has 1 fully saturated rings. The van der Waals surface area contributed by atoms with E-state index in [1.165, 1.54) is 6.08 Å². The number of benzene rings is 1. The number of aromatic nitrogens is 3. The van der Waals surface area contributed by atoms with Gasteiger partial charge in [-0.15, -0.1) is 10.2 Å². The molecule has 2 aromatic rings. The summed E-state index contributed by atoms with van der Waals surface area (Å²) in [6.45, 7) is 5.43. The minimum absolute atomic E-state index is 0.0328. The lowest BCUT2D eigenvalue weighted by atomic mass is 10.2. The van der Waals surface area contributed by atoms with Gasteiger partial charge in [0.1, 0.15) is 0 Å². The molecule has 1 aromatic carbocycles. The van der Waals surface area contributed by atoms with Crippen LogP contribution in [0.15, 0.2) is 36.9 Å². The molecular formula is C19H23N7O2. The minimum Gasteiger partial charge on any atom is -0.364 e. The van der Waals surface area contributed by atoms with Gasteiger partial charge in [0.05, 0.1) is 0 Å². The Morgan fingerprint density at radius 3 is 2.75 bits per heavy atom. The quantitative estimate of drug-likeness (QED) is 0.536. The Kier molecular flexibility index (Phi) is 5.83. The Hall–Kier alpha value is -3.49. The fraction of sp³-hybridized carbons (Fsp3) is 0.316. The largest absolute Gasteiger partial charge is 0.364 e. The molecule has 3 rings (SSSR count). The molecule has 5 N–H and O–H groups in total. The third kappa shape index (κ3) is 4.81. The van der Waals surface area contributed by atoms with Gasteiger partial charge in [-0.2, -0.15) is 4.98 Å². The summed E-state index contributed by atoms with van der Waals surface area (Å²) in [5.41, 5.74) is 7.19. The van der Waals surface area contributed by atoms with Gasteiger partial charge in [0, 0.05) is 17.8 Å². The SMILES string of the molecule is C=CC(=O)NC1CC[C@@H](Nc2nnc(C(N)=O)c(Nc3cccc(C)c3)n2)C1. The van der Waals surface area contributed by atoms with E-state index in [4.69, 9.17) is 5.73 Å². The van der Waals surface area contributed by atoms with E-state index in [-0.39, 0.29) is 29.5 Å². The zero-order valence-electron chi connectivity index (χ0n) is 15.6. The van der Waals surface area contributed by atoms with Crippen LogP contribution in [0.2, 0.25) is 0 Å². The lowest BCUT2D eigenvalue weighted by molar-refractivity contribution is -0.117. The van der Waals surface area contributed by atoms with E-state index >= 15 is 0 Å². The average molecular weight is 381 g/mol. The van der Waals surface area contributed by atoms with Gasteiger partial charge in [0.2, 0.25) is 11.9 Å². The zero-order chi connectivity index (χ0) is 20.1. The van der Waals surface area contributed by atoms with E-state index in [9.17, 15) is 9.59 Å². The smallest absolute Gasteiger partial charge is 0.273 e. The number of hydrogen-bond donors (Lipinski definition) is 4. The standard InChI is InChI=1S/C19H23N7O2/c1-3-15(27)21-13-7-8-14(10-13)23-19-24-18(16(17(20)28)25-26-19)22-12-6-4-5-11(2)9-12/h3-6,9,13-14H,1,7-8,10H2,2H3,(H2,20,28)(H,21,27)(H2,22,23,24,26)/t13?,14-/m1/s1. The summed E-state index contributed by atoms with van der Waals surface area (Å²) in [7, 11) is 0. The highest BCUT2D eigenvalue weighted by atomic mass is 16.2. The fourth-order valence-electron chi connectivity index (χ4n) is 3.19. The summed E-state index contributed by atoms with van der Waals surface area (Å²) in [6, 6.07) is 7.80. The van der Waals surface area contributed by atoms with Gasteiger partial charge in [0.25, 0.3) is 5.91 Å². The molecule has 1 saturated carbocycles. The first kappa shape index (κ1) is 19.3. The number of amides is 2. The van der Waals surface area contributed by atoms with Crippen molar-refractivity contribution in [3.8, 4) is 0 Å². The van der Waals surface area contributed by atoms with Crippen LogP contribution in [0, 0.1) is 6.92 Å². The zero-order valence-corrected chi connectivity index (χ0v) is 15.6. The van der Waals surface area contributed by atoms with Crippen molar-refractivity contribution in [2.45, 2.75) is 38.3 Å². The lowest BCUT2D eigenvalue weighted by Crippen LogP contribution is -2.32. The highest BCUT2D eigenvalue weighted by molar-refractivity contribution is 5.96. The third-order valence-corrected chi connectivity index (χ3v) is 4.50. The molecule has 1 aromatic heterocycles. The summed E-state index contributed by atoms with van der Waals surface area (Å²) in [5, 5.41) is 17.1. The first-order valence-electron chi connectivity index (χ1n) is 9.02. The lowest BCUT2D eigenvalue weighted by Gasteiger charge is -2.15. The molecule has 9 nitrogen and oxygen atoms in total. The van der Waals surface area contributed by atoms with Gasteiger partial charge in [-0.3, -0.25) is 9.59 Å². The summed E-state index contributed by atoms with van der Waals surface area (Å²) in [5.74, 6) is -0.361. The van der Waals surface area contributed by atoms with Gasteiger partial charge in [0.15, 0.2) is 11.5 Å². The van der Waals surface area contributed by atoms with E-state index < -0.39 is 5.91 Å². The molecule has 2 atom stereocenters. The number of aryl methyl sites for hydroxylation is 1. The van der Waals surface area contributed by atoms with E-state index in [0.717, 1.165) is 30.5 Å². The molecule has 28 heavy (non-hydrogen) atoms. The maximum atomic E-state index is 11.7. The Morgan fingerprint density at radius 1 is 1.25 bits per heavy atom. The number of carbonyl (C=O) groups excluding carboxylic acids is 2. The first-order valence-corrected chi connectivity index (χ1v) is 9.02. The van der Waals surface area contributed by atoms with E-state index in [0.29, 0.717) is 5.95 Å². The third-order valence-electron chi connectivity index (χ3n) is 4.50. The number of primary amides is 1. The maximum Gasteiger partial charge on any atom is 0.273 e.